The Morgan fingerprint density at radius 1 is 1.15 bits per heavy atom. The van der Waals surface area contributed by atoms with E-state index in [1.165, 1.54) is 7.11 Å². The van der Waals surface area contributed by atoms with Gasteiger partial charge in [0.1, 0.15) is 5.76 Å². The number of carbonyl (C=O) groups excluding carboxylic acids is 2. The van der Waals surface area contributed by atoms with E-state index in [4.69, 9.17) is 4.42 Å². The molecule has 0 saturated heterocycles. The van der Waals surface area contributed by atoms with Gasteiger partial charge in [-0.05, 0) is 43.3 Å². The van der Waals surface area contributed by atoms with Crippen LogP contribution in [0.1, 0.15) is 39.4 Å². The number of hydrogen-bond donors (Lipinski definition) is 1. The number of hydrogen-bond acceptors (Lipinski definition) is 4. The highest BCUT2D eigenvalue weighted by atomic mass is 16.5. The number of esters is 1. The van der Waals surface area contributed by atoms with Crippen molar-refractivity contribution in [2.75, 3.05) is 7.11 Å². The normalized spacial score (nSPS) is 11.7. The van der Waals surface area contributed by atoms with E-state index >= 15 is 0 Å². The van der Waals surface area contributed by atoms with Crippen LogP contribution >= 0.6 is 0 Å². The summed E-state index contributed by atoms with van der Waals surface area (Å²) in [6.45, 7) is 1.83. The highest BCUT2D eigenvalue weighted by Gasteiger charge is 2.14. The molecule has 1 aromatic carbocycles. The third kappa shape index (κ3) is 3.06. The summed E-state index contributed by atoms with van der Waals surface area (Å²) < 4.78 is 9.82. The second-order valence-electron chi connectivity index (χ2n) is 4.28. The van der Waals surface area contributed by atoms with Gasteiger partial charge in [-0.2, -0.15) is 0 Å². The molecule has 1 heterocycles. The van der Waals surface area contributed by atoms with Gasteiger partial charge in [0, 0.05) is 5.56 Å². The summed E-state index contributed by atoms with van der Waals surface area (Å²) >= 11 is 0. The van der Waals surface area contributed by atoms with E-state index in [9.17, 15) is 9.59 Å². The molecule has 0 aliphatic carbocycles. The zero-order chi connectivity index (χ0) is 14.5. The van der Waals surface area contributed by atoms with Crippen molar-refractivity contribution in [1.29, 1.82) is 0 Å². The highest BCUT2D eigenvalue weighted by Crippen LogP contribution is 2.13. The molecule has 20 heavy (non-hydrogen) atoms. The van der Waals surface area contributed by atoms with Crippen LogP contribution in [0.5, 0.6) is 0 Å². The summed E-state index contributed by atoms with van der Waals surface area (Å²) in [6.07, 6.45) is 1.56. The summed E-state index contributed by atoms with van der Waals surface area (Å²) in [7, 11) is 1.31. The lowest BCUT2D eigenvalue weighted by Crippen LogP contribution is -2.26. The van der Waals surface area contributed by atoms with Crippen molar-refractivity contribution in [3.63, 3.8) is 0 Å². The van der Waals surface area contributed by atoms with Crippen molar-refractivity contribution < 1.29 is 18.7 Å². The number of carbonyl (C=O) groups is 2. The number of furan rings is 1. The summed E-state index contributed by atoms with van der Waals surface area (Å²) in [6, 6.07) is 9.61. The lowest BCUT2D eigenvalue weighted by molar-refractivity contribution is 0.0600. The van der Waals surface area contributed by atoms with E-state index in [0.29, 0.717) is 16.9 Å². The predicted octanol–water partition coefficient (Wildman–Crippen LogP) is 2.56. The first-order chi connectivity index (χ1) is 9.61. The number of benzene rings is 1. The second kappa shape index (κ2) is 6.06. The van der Waals surface area contributed by atoms with Crippen LogP contribution in [0.15, 0.2) is 47.1 Å². The van der Waals surface area contributed by atoms with E-state index in [1.54, 1.807) is 42.7 Å². The van der Waals surface area contributed by atoms with Crippen molar-refractivity contribution in [3.8, 4) is 0 Å². The molecule has 0 fully saturated rings. The van der Waals surface area contributed by atoms with Gasteiger partial charge in [0.15, 0.2) is 0 Å². The number of methoxy groups -OCH3 is 1. The third-order valence-electron chi connectivity index (χ3n) is 2.89. The molecule has 0 radical (unpaired) electrons. The molecule has 1 aromatic heterocycles. The zero-order valence-electron chi connectivity index (χ0n) is 11.3. The van der Waals surface area contributed by atoms with Gasteiger partial charge in [-0.3, -0.25) is 4.79 Å². The van der Waals surface area contributed by atoms with Gasteiger partial charge in [-0.1, -0.05) is 0 Å². The SMILES string of the molecule is COC(=O)c1ccc(C(=O)NC(C)c2ccco2)cc1. The molecule has 0 bridgehead atoms. The van der Waals surface area contributed by atoms with E-state index in [1.807, 2.05) is 6.92 Å². The van der Waals surface area contributed by atoms with Crippen molar-refractivity contribution >= 4 is 11.9 Å². The van der Waals surface area contributed by atoms with Crippen LogP contribution in [0.4, 0.5) is 0 Å². The molecule has 2 aromatic rings. The Bertz CT molecular complexity index is 587. The minimum atomic E-state index is -0.430. The van der Waals surface area contributed by atoms with E-state index in [2.05, 4.69) is 10.1 Å². The van der Waals surface area contributed by atoms with E-state index in [-0.39, 0.29) is 11.9 Å². The van der Waals surface area contributed by atoms with Gasteiger partial charge >= 0.3 is 5.97 Å². The number of ether oxygens (including phenoxy) is 1. The maximum absolute atomic E-state index is 12.0. The Morgan fingerprint density at radius 3 is 2.35 bits per heavy atom. The first-order valence-electron chi connectivity index (χ1n) is 6.14. The number of rotatable bonds is 4. The maximum atomic E-state index is 12.0. The molecule has 2 rings (SSSR count). The van der Waals surface area contributed by atoms with Crippen molar-refractivity contribution in [3.05, 3.63) is 59.5 Å². The fourth-order valence-electron chi connectivity index (χ4n) is 1.76. The number of nitrogens with one attached hydrogen (secondary N) is 1. The van der Waals surface area contributed by atoms with Crippen LogP contribution in [0, 0.1) is 0 Å². The largest absolute Gasteiger partial charge is 0.467 e. The fourth-order valence-corrected chi connectivity index (χ4v) is 1.76. The molecule has 1 unspecified atom stereocenters. The third-order valence-corrected chi connectivity index (χ3v) is 2.89. The Hall–Kier alpha value is -2.56. The molecule has 104 valence electrons. The standard InChI is InChI=1S/C15H15NO4/c1-10(13-4-3-9-20-13)16-14(17)11-5-7-12(8-6-11)15(18)19-2/h3-10H,1-2H3,(H,16,17). The topological polar surface area (TPSA) is 68.5 Å². The average Bonchev–Trinajstić information content (AvgIpc) is 3.01. The first-order valence-corrected chi connectivity index (χ1v) is 6.14. The lowest BCUT2D eigenvalue weighted by atomic mass is 10.1. The van der Waals surface area contributed by atoms with Gasteiger partial charge in [-0.25, -0.2) is 4.79 Å². The molecule has 0 aliphatic heterocycles. The van der Waals surface area contributed by atoms with Crippen LogP contribution in [0.25, 0.3) is 0 Å². The van der Waals surface area contributed by atoms with Crippen molar-refractivity contribution in [1.82, 2.24) is 5.32 Å². The second-order valence-corrected chi connectivity index (χ2v) is 4.28. The highest BCUT2D eigenvalue weighted by molar-refractivity contribution is 5.96. The predicted molar refractivity (Wildman–Crippen MR) is 72.4 cm³/mol. The average molecular weight is 273 g/mol. The van der Waals surface area contributed by atoms with Gasteiger partial charge < -0.3 is 14.5 Å². The number of amides is 1. The summed E-state index contributed by atoms with van der Waals surface area (Å²) in [5, 5.41) is 2.81. The molecule has 1 atom stereocenters. The van der Waals surface area contributed by atoms with Gasteiger partial charge in [0.05, 0.1) is 25.0 Å². The van der Waals surface area contributed by atoms with Crippen LogP contribution in [0.3, 0.4) is 0 Å². The minimum absolute atomic E-state index is 0.224. The van der Waals surface area contributed by atoms with Gasteiger partial charge in [-0.15, -0.1) is 0 Å². The minimum Gasteiger partial charge on any atom is -0.467 e. The van der Waals surface area contributed by atoms with Crippen LogP contribution in [-0.2, 0) is 4.74 Å². The Balaban J connectivity index is 2.04. The monoisotopic (exact) mass is 273 g/mol. The molecule has 0 saturated carbocycles. The van der Waals surface area contributed by atoms with Crippen molar-refractivity contribution in [2.45, 2.75) is 13.0 Å². The van der Waals surface area contributed by atoms with E-state index < -0.39 is 5.97 Å². The summed E-state index contributed by atoms with van der Waals surface area (Å²) in [4.78, 5) is 23.3. The van der Waals surface area contributed by atoms with Crippen molar-refractivity contribution in [2.24, 2.45) is 0 Å². The zero-order valence-corrected chi connectivity index (χ0v) is 11.3. The molecular formula is C15H15NO4. The summed E-state index contributed by atoms with van der Waals surface area (Å²) in [5.41, 5.74) is 0.874. The Kier molecular flexibility index (Phi) is 4.20. The quantitative estimate of drug-likeness (QED) is 0.869. The maximum Gasteiger partial charge on any atom is 0.337 e. The van der Waals surface area contributed by atoms with Crippen LogP contribution < -0.4 is 5.32 Å². The smallest absolute Gasteiger partial charge is 0.337 e. The van der Waals surface area contributed by atoms with Crippen LogP contribution in [-0.4, -0.2) is 19.0 Å². The van der Waals surface area contributed by atoms with E-state index in [0.717, 1.165) is 0 Å². The molecular weight excluding hydrogens is 258 g/mol. The Labute approximate surface area is 116 Å². The fraction of sp³-hybridized carbons (Fsp3) is 0.200. The molecule has 5 heteroatoms. The van der Waals surface area contributed by atoms with Gasteiger partial charge in [0.2, 0.25) is 0 Å². The molecule has 0 spiro atoms. The summed E-state index contributed by atoms with van der Waals surface area (Å²) in [5.74, 6) is 0.0239. The molecule has 5 nitrogen and oxygen atoms in total. The Morgan fingerprint density at radius 2 is 1.80 bits per heavy atom. The molecule has 1 amide bonds. The molecule has 1 N–H and O–H groups in total. The van der Waals surface area contributed by atoms with Gasteiger partial charge in [0.25, 0.3) is 5.91 Å². The first kappa shape index (κ1) is 13.9. The molecule has 0 aliphatic rings. The lowest BCUT2D eigenvalue weighted by Gasteiger charge is -2.11. The van der Waals surface area contributed by atoms with Crippen LogP contribution in [0.2, 0.25) is 0 Å².